The summed E-state index contributed by atoms with van der Waals surface area (Å²) in [5.41, 5.74) is 4.00. The zero-order chi connectivity index (χ0) is 24.0. The van der Waals surface area contributed by atoms with Gasteiger partial charge in [-0.05, 0) is 23.9 Å². The molecule has 0 unspecified atom stereocenters. The molecule has 0 saturated heterocycles. The monoisotopic (exact) mass is 479 g/mol. The third-order valence-electron chi connectivity index (χ3n) is 4.99. The zero-order valence-corrected chi connectivity index (χ0v) is 19.0. The molecule has 0 atom stereocenters. The van der Waals surface area contributed by atoms with E-state index in [2.05, 4.69) is 15.3 Å². The van der Waals surface area contributed by atoms with Crippen LogP contribution in [-0.2, 0) is 0 Å². The summed E-state index contributed by atoms with van der Waals surface area (Å²) in [7, 11) is 0. The van der Waals surface area contributed by atoms with Crippen LogP contribution in [0.25, 0.3) is 22.5 Å². The number of hydrogen-bond donors (Lipinski definition) is 0. The van der Waals surface area contributed by atoms with Gasteiger partial charge in [0.05, 0.1) is 22.5 Å². The van der Waals surface area contributed by atoms with E-state index in [1.165, 1.54) is 47.4 Å². The summed E-state index contributed by atoms with van der Waals surface area (Å²) in [6.07, 6.45) is 4.39. The Balaban J connectivity index is 1.58. The second kappa shape index (κ2) is 10.1. The molecule has 0 aliphatic rings. The molecule has 170 valence electrons. The van der Waals surface area contributed by atoms with Crippen molar-refractivity contribution in [2.24, 2.45) is 5.10 Å². The Morgan fingerprint density at radius 2 is 1.43 bits per heavy atom. The number of nitrogens with zero attached hydrogens (tertiary/aromatic N) is 7. The molecule has 2 aromatic heterocycles. The first-order valence-electron chi connectivity index (χ1n) is 10.5. The summed E-state index contributed by atoms with van der Waals surface area (Å²) in [5, 5.41) is 23.6. The van der Waals surface area contributed by atoms with Crippen molar-refractivity contribution in [3.05, 3.63) is 113 Å². The van der Waals surface area contributed by atoms with E-state index >= 15 is 0 Å². The van der Waals surface area contributed by atoms with Gasteiger partial charge in [0.2, 0.25) is 0 Å². The Morgan fingerprint density at radius 1 is 0.829 bits per heavy atom. The molecule has 0 N–H and O–H groups in total. The fourth-order valence-electron chi connectivity index (χ4n) is 3.31. The van der Waals surface area contributed by atoms with E-state index in [0.717, 1.165) is 27.4 Å². The van der Waals surface area contributed by atoms with Crippen LogP contribution in [0, 0.1) is 10.1 Å². The Morgan fingerprint density at radius 3 is 2.00 bits per heavy atom. The Bertz CT molecular complexity index is 1430. The molecule has 0 fully saturated rings. The normalized spacial score (nSPS) is 11.1. The summed E-state index contributed by atoms with van der Waals surface area (Å²) >= 11 is 1.31. The summed E-state index contributed by atoms with van der Waals surface area (Å²) in [6.45, 7) is 0. The lowest BCUT2D eigenvalue weighted by Gasteiger charge is -2.10. The van der Waals surface area contributed by atoms with Gasteiger partial charge in [-0.25, -0.2) is 14.6 Å². The summed E-state index contributed by atoms with van der Waals surface area (Å²) in [4.78, 5) is 21.2. The number of benzene rings is 3. The first kappa shape index (κ1) is 22.1. The van der Waals surface area contributed by atoms with Crippen LogP contribution in [0.1, 0.15) is 5.56 Å². The maximum Gasteiger partial charge on any atom is 0.270 e. The lowest BCUT2D eigenvalue weighted by Crippen LogP contribution is -1.97. The van der Waals surface area contributed by atoms with Crippen molar-refractivity contribution in [2.45, 2.75) is 10.1 Å². The third-order valence-corrected chi connectivity index (χ3v) is 5.94. The van der Waals surface area contributed by atoms with E-state index < -0.39 is 4.92 Å². The number of non-ortho nitro benzene ring substituents is 1. The van der Waals surface area contributed by atoms with Crippen LogP contribution >= 0.6 is 11.8 Å². The second-order valence-electron chi connectivity index (χ2n) is 7.32. The predicted molar refractivity (Wildman–Crippen MR) is 133 cm³/mol. The average Bonchev–Trinajstić information content (AvgIpc) is 3.43. The fraction of sp³-hybridized carbons (Fsp3) is 0. The summed E-state index contributed by atoms with van der Waals surface area (Å²) in [6, 6.07) is 26.3. The molecular weight excluding hydrogens is 462 g/mol. The van der Waals surface area contributed by atoms with Gasteiger partial charge in [-0.3, -0.25) is 10.1 Å². The highest BCUT2D eigenvalue weighted by atomic mass is 32.2. The van der Waals surface area contributed by atoms with E-state index in [-0.39, 0.29) is 5.69 Å². The molecule has 0 bridgehead atoms. The van der Waals surface area contributed by atoms with Gasteiger partial charge in [-0.2, -0.15) is 5.10 Å². The maximum atomic E-state index is 11.4. The number of nitro groups is 1. The minimum absolute atomic E-state index is 0.0384. The highest BCUT2D eigenvalue weighted by molar-refractivity contribution is 7.99. The lowest BCUT2D eigenvalue weighted by molar-refractivity contribution is -0.384. The van der Waals surface area contributed by atoms with Gasteiger partial charge in [0, 0.05) is 33.7 Å². The Kier molecular flexibility index (Phi) is 6.35. The van der Waals surface area contributed by atoms with Crippen LogP contribution in [0.4, 0.5) is 5.69 Å². The van der Waals surface area contributed by atoms with Crippen molar-refractivity contribution in [3.63, 3.8) is 0 Å². The minimum atomic E-state index is -0.440. The lowest BCUT2D eigenvalue weighted by atomic mass is 10.1. The number of rotatable bonds is 7. The SMILES string of the molecule is O=[N+]([O-])c1ccc(Sc2nc(-c3ccccc3)cc(-c3ccccc3)n2)c(C=Nn2cnnc2)c1. The molecule has 0 radical (unpaired) electrons. The molecule has 0 aliphatic heterocycles. The highest BCUT2D eigenvalue weighted by Crippen LogP contribution is 2.33. The zero-order valence-electron chi connectivity index (χ0n) is 18.2. The molecule has 35 heavy (non-hydrogen) atoms. The topological polar surface area (TPSA) is 112 Å². The minimum Gasteiger partial charge on any atom is -0.258 e. The third kappa shape index (κ3) is 5.28. The van der Waals surface area contributed by atoms with Crippen molar-refractivity contribution in [2.75, 3.05) is 0 Å². The standard InChI is InChI=1S/C25H17N7O2S/c33-32(34)21-11-12-24(20(13-21)15-28-31-16-26-27-17-31)35-25-29-22(18-7-3-1-4-8-18)14-23(30-25)19-9-5-2-6-10-19/h1-17H. The molecule has 5 aromatic rings. The average molecular weight is 480 g/mol. The molecular formula is C25H17N7O2S. The molecule has 10 heteroatoms. The molecule has 2 heterocycles. The van der Waals surface area contributed by atoms with E-state index in [0.29, 0.717) is 10.7 Å². The molecule has 0 aliphatic carbocycles. The van der Waals surface area contributed by atoms with Gasteiger partial charge in [-0.1, -0.05) is 60.7 Å². The first-order valence-corrected chi connectivity index (χ1v) is 11.3. The first-order chi connectivity index (χ1) is 17.2. The smallest absolute Gasteiger partial charge is 0.258 e. The Labute approximate surface area is 204 Å². The molecule has 5 rings (SSSR count). The van der Waals surface area contributed by atoms with Gasteiger partial charge < -0.3 is 0 Å². The van der Waals surface area contributed by atoms with Crippen LogP contribution in [0.15, 0.2) is 113 Å². The highest BCUT2D eigenvalue weighted by Gasteiger charge is 2.14. The van der Waals surface area contributed by atoms with Gasteiger partial charge in [0.15, 0.2) is 5.16 Å². The maximum absolute atomic E-state index is 11.4. The van der Waals surface area contributed by atoms with Crippen molar-refractivity contribution < 1.29 is 4.92 Å². The van der Waals surface area contributed by atoms with Gasteiger partial charge in [-0.15, -0.1) is 10.2 Å². The number of nitro benzene ring substituents is 1. The predicted octanol–water partition coefficient (Wildman–Crippen LogP) is 5.34. The van der Waals surface area contributed by atoms with Crippen molar-refractivity contribution >= 4 is 23.7 Å². The van der Waals surface area contributed by atoms with Crippen LogP contribution in [0.2, 0.25) is 0 Å². The number of aromatic nitrogens is 5. The van der Waals surface area contributed by atoms with Gasteiger partial charge in [0.1, 0.15) is 12.7 Å². The van der Waals surface area contributed by atoms with Crippen LogP contribution < -0.4 is 0 Å². The van der Waals surface area contributed by atoms with Crippen LogP contribution in [-0.4, -0.2) is 36.0 Å². The molecule has 9 nitrogen and oxygen atoms in total. The van der Waals surface area contributed by atoms with Gasteiger partial charge >= 0.3 is 0 Å². The quantitative estimate of drug-likeness (QED) is 0.134. The molecule has 0 spiro atoms. The van der Waals surface area contributed by atoms with Crippen LogP contribution in [0.5, 0.6) is 0 Å². The number of hydrogen-bond acceptors (Lipinski definition) is 8. The van der Waals surface area contributed by atoms with Crippen LogP contribution in [0.3, 0.4) is 0 Å². The van der Waals surface area contributed by atoms with Gasteiger partial charge in [0.25, 0.3) is 5.69 Å². The summed E-state index contributed by atoms with van der Waals surface area (Å²) < 4.78 is 1.41. The molecule has 3 aromatic carbocycles. The van der Waals surface area contributed by atoms with E-state index in [1.807, 2.05) is 66.7 Å². The van der Waals surface area contributed by atoms with Crippen molar-refractivity contribution in [1.29, 1.82) is 0 Å². The second-order valence-corrected chi connectivity index (χ2v) is 8.33. The van der Waals surface area contributed by atoms with E-state index in [4.69, 9.17) is 9.97 Å². The van der Waals surface area contributed by atoms with E-state index in [9.17, 15) is 10.1 Å². The van der Waals surface area contributed by atoms with Crippen molar-refractivity contribution in [1.82, 2.24) is 24.8 Å². The summed E-state index contributed by atoms with van der Waals surface area (Å²) in [5.74, 6) is 0. The largest absolute Gasteiger partial charge is 0.270 e. The fourth-order valence-corrected chi connectivity index (χ4v) is 4.16. The molecule has 0 amide bonds. The molecule has 0 saturated carbocycles. The Hall–Kier alpha value is -4.70. The van der Waals surface area contributed by atoms with Crippen molar-refractivity contribution in [3.8, 4) is 22.5 Å². The van der Waals surface area contributed by atoms with E-state index in [1.54, 1.807) is 6.07 Å².